The molecular weight excluding hydrogens is 226 g/mol. The summed E-state index contributed by atoms with van der Waals surface area (Å²) in [6, 6.07) is 0.604. The second-order valence-electron chi connectivity index (χ2n) is 5.84. The van der Waals surface area contributed by atoms with E-state index in [-0.39, 0.29) is 11.5 Å². The molecule has 2 heterocycles. The number of fused-ring (bicyclic) bond motifs is 2. The SMILES string of the molecule is CC(C)(C)OC(=O)N1C2CCC1CC(Cl)C2. The van der Waals surface area contributed by atoms with E-state index in [9.17, 15) is 4.79 Å². The highest BCUT2D eigenvalue weighted by Gasteiger charge is 2.44. The Morgan fingerprint density at radius 1 is 1.25 bits per heavy atom. The summed E-state index contributed by atoms with van der Waals surface area (Å²) >= 11 is 6.17. The van der Waals surface area contributed by atoms with Crippen LogP contribution in [0.25, 0.3) is 0 Å². The Morgan fingerprint density at radius 2 is 1.75 bits per heavy atom. The van der Waals surface area contributed by atoms with Gasteiger partial charge in [0, 0.05) is 17.5 Å². The van der Waals surface area contributed by atoms with Gasteiger partial charge in [-0.25, -0.2) is 4.79 Å². The third-order valence-electron chi connectivity index (χ3n) is 3.28. The Hall–Kier alpha value is -0.440. The molecule has 2 aliphatic heterocycles. The minimum Gasteiger partial charge on any atom is -0.444 e. The van der Waals surface area contributed by atoms with E-state index in [4.69, 9.17) is 16.3 Å². The van der Waals surface area contributed by atoms with Crippen molar-refractivity contribution in [2.75, 3.05) is 0 Å². The summed E-state index contributed by atoms with van der Waals surface area (Å²) in [5.74, 6) is 0. The van der Waals surface area contributed by atoms with E-state index in [0.29, 0.717) is 12.1 Å². The van der Waals surface area contributed by atoms with Crippen LogP contribution in [-0.2, 0) is 4.74 Å². The van der Waals surface area contributed by atoms with Crippen LogP contribution < -0.4 is 0 Å². The number of carbonyl (C=O) groups is 1. The smallest absolute Gasteiger partial charge is 0.410 e. The molecule has 0 radical (unpaired) electrons. The van der Waals surface area contributed by atoms with Crippen molar-refractivity contribution in [1.29, 1.82) is 0 Å². The summed E-state index contributed by atoms with van der Waals surface area (Å²) in [7, 11) is 0. The van der Waals surface area contributed by atoms with Gasteiger partial charge in [-0.2, -0.15) is 0 Å². The van der Waals surface area contributed by atoms with Crippen LogP contribution in [-0.4, -0.2) is 34.1 Å². The Bertz CT molecular complexity index is 273. The number of rotatable bonds is 0. The van der Waals surface area contributed by atoms with Crippen LogP contribution in [0, 0.1) is 0 Å². The molecule has 0 spiro atoms. The third-order valence-corrected chi connectivity index (χ3v) is 3.64. The quantitative estimate of drug-likeness (QED) is 0.614. The van der Waals surface area contributed by atoms with E-state index in [1.54, 1.807) is 0 Å². The first-order valence-corrected chi connectivity index (χ1v) is 6.46. The summed E-state index contributed by atoms with van der Waals surface area (Å²) in [5.41, 5.74) is -0.408. The Balaban J connectivity index is 2.03. The van der Waals surface area contributed by atoms with E-state index in [1.165, 1.54) is 0 Å². The van der Waals surface area contributed by atoms with Gasteiger partial charge in [-0.05, 0) is 46.5 Å². The van der Waals surface area contributed by atoms with Gasteiger partial charge < -0.3 is 9.64 Å². The summed E-state index contributed by atoms with van der Waals surface area (Å²) in [4.78, 5) is 14.0. The second kappa shape index (κ2) is 4.10. The van der Waals surface area contributed by atoms with Crippen molar-refractivity contribution in [1.82, 2.24) is 4.90 Å². The van der Waals surface area contributed by atoms with Crippen LogP contribution >= 0.6 is 11.6 Å². The average Bonchev–Trinajstić information content (AvgIpc) is 2.36. The van der Waals surface area contributed by atoms with Crippen LogP contribution in [0.15, 0.2) is 0 Å². The van der Waals surface area contributed by atoms with Gasteiger partial charge in [0.15, 0.2) is 0 Å². The number of alkyl halides is 1. The fraction of sp³-hybridized carbons (Fsp3) is 0.917. The fourth-order valence-electron chi connectivity index (χ4n) is 2.72. The van der Waals surface area contributed by atoms with E-state index in [1.807, 2.05) is 25.7 Å². The molecule has 0 N–H and O–H groups in total. The van der Waals surface area contributed by atoms with Gasteiger partial charge in [0.05, 0.1) is 0 Å². The van der Waals surface area contributed by atoms with Crippen LogP contribution in [0.2, 0.25) is 0 Å². The van der Waals surface area contributed by atoms with E-state index >= 15 is 0 Å². The molecule has 3 nitrogen and oxygen atoms in total. The molecule has 1 amide bonds. The molecule has 0 aromatic heterocycles. The van der Waals surface area contributed by atoms with Gasteiger partial charge in [0.25, 0.3) is 0 Å². The lowest BCUT2D eigenvalue weighted by Crippen LogP contribution is -2.48. The summed E-state index contributed by atoms with van der Waals surface area (Å²) in [5, 5.41) is 0.233. The highest BCUT2D eigenvalue weighted by atomic mass is 35.5. The molecule has 0 saturated carbocycles. The minimum atomic E-state index is -0.408. The number of amides is 1. The van der Waals surface area contributed by atoms with Crippen molar-refractivity contribution in [2.24, 2.45) is 0 Å². The number of halogens is 1. The van der Waals surface area contributed by atoms with Crippen molar-refractivity contribution in [3.63, 3.8) is 0 Å². The van der Waals surface area contributed by atoms with Gasteiger partial charge in [-0.1, -0.05) is 0 Å². The summed E-state index contributed by atoms with van der Waals surface area (Å²) in [6.07, 6.45) is 3.82. The Labute approximate surface area is 102 Å². The largest absolute Gasteiger partial charge is 0.444 e. The number of carbonyl (C=O) groups excluding carboxylic acids is 1. The molecule has 0 aromatic carbocycles. The predicted octanol–water partition coefficient (Wildman–Crippen LogP) is 3.16. The van der Waals surface area contributed by atoms with Crippen molar-refractivity contribution >= 4 is 17.7 Å². The maximum atomic E-state index is 12.0. The fourth-order valence-corrected chi connectivity index (χ4v) is 3.13. The van der Waals surface area contributed by atoms with E-state index in [2.05, 4.69) is 0 Å². The zero-order chi connectivity index (χ0) is 11.9. The van der Waals surface area contributed by atoms with Gasteiger partial charge in [0.1, 0.15) is 5.60 Å². The number of nitrogens with zero attached hydrogens (tertiary/aromatic N) is 1. The molecule has 16 heavy (non-hydrogen) atoms. The molecular formula is C12H20ClNO2. The standard InChI is InChI=1S/C12H20ClNO2/c1-12(2,3)16-11(15)14-9-4-5-10(14)7-8(13)6-9/h8-10H,4-7H2,1-3H3. The molecule has 2 saturated heterocycles. The van der Waals surface area contributed by atoms with Crippen LogP contribution in [0.4, 0.5) is 4.79 Å². The lowest BCUT2D eigenvalue weighted by molar-refractivity contribution is 0.00824. The maximum absolute atomic E-state index is 12.0. The van der Waals surface area contributed by atoms with Crippen molar-refractivity contribution in [3.8, 4) is 0 Å². The Kier molecular flexibility index (Phi) is 3.08. The van der Waals surface area contributed by atoms with Crippen molar-refractivity contribution in [2.45, 2.75) is 69.5 Å². The van der Waals surface area contributed by atoms with Crippen LogP contribution in [0.3, 0.4) is 0 Å². The van der Waals surface area contributed by atoms with Gasteiger partial charge >= 0.3 is 6.09 Å². The highest BCUT2D eigenvalue weighted by Crippen LogP contribution is 2.38. The molecule has 2 atom stereocenters. The lowest BCUT2D eigenvalue weighted by atomic mass is 10.0. The predicted molar refractivity (Wildman–Crippen MR) is 63.8 cm³/mol. The van der Waals surface area contributed by atoms with E-state index in [0.717, 1.165) is 25.7 Å². The van der Waals surface area contributed by atoms with Gasteiger partial charge in [-0.3, -0.25) is 0 Å². The van der Waals surface area contributed by atoms with Gasteiger partial charge in [0.2, 0.25) is 0 Å². The molecule has 2 aliphatic rings. The first-order chi connectivity index (χ1) is 7.37. The Morgan fingerprint density at radius 3 is 2.19 bits per heavy atom. The zero-order valence-electron chi connectivity index (χ0n) is 10.2. The van der Waals surface area contributed by atoms with Crippen molar-refractivity contribution < 1.29 is 9.53 Å². The monoisotopic (exact) mass is 245 g/mol. The number of ether oxygens (including phenoxy) is 1. The maximum Gasteiger partial charge on any atom is 0.410 e. The molecule has 2 bridgehead atoms. The third kappa shape index (κ3) is 2.45. The number of piperidine rings is 1. The van der Waals surface area contributed by atoms with Gasteiger partial charge in [-0.15, -0.1) is 11.6 Å². The average molecular weight is 246 g/mol. The zero-order valence-corrected chi connectivity index (χ0v) is 11.0. The lowest BCUT2D eigenvalue weighted by Gasteiger charge is -2.37. The molecule has 2 rings (SSSR count). The first-order valence-electron chi connectivity index (χ1n) is 6.02. The van der Waals surface area contributed by atoms with Crippen molar-refractivity contribution in [3.05, 3.63) is 0 Å². The van der Waals surface area contributed by atoms with Crippen LogP contribution in [0.1, 0.15) is 46.5 Å². The highest BCUT2D eigenvalue weighted by molar-refractivity contribution is 6.20. The first kappa shape index (κ1) is 12.0. The summed E-state index contributed by atoms with van der Waals surface area (Å²) in [6.45, 7) is 5.71. The van der Waals surface area contributed by atoms with Crippen LogP contribution in [0.5, 0.6) is 0 Å². The number of hydrogen-bond donors (Lipinski definition) is 0. The topological polar surface area (TPSA) is 29.5 Å². The molecule has 92 valence electrons. The van der Waals surface area contributed by atoms with E-state index < -0.39 is 5.60 Å². The molecule has 4 heteroatoms. The molecule has 0 aromatic rings. The minimum absolute atomic E-state index is 0.163. The molecule has 0 aliphatic carbocycles. The molecule has 2 fully saturated rings. The number of hydrogen-bond acceptors (Lipinski definition) is 2. The normalized spacial score (nSPS) is 34.0. The molecule has 2 unspecified atom stereocenters. The second-order valence-corrected chi connectivity index (χ2v) is 6.46. The summed E-state index contributed by atoms with van der Waals surface area (Å²) < 4.78 is 5.44.